The number of hydrogen-bond acceptors (Lipinski definition) is 6. The smallest absolute Gasteiger partial charge is 0.247 e. The number of carbonyl (C=O) groups is 1. The number of imidazole rings is 1. The van der Waals surface area contributed by atoms with Crippen molar-refractivity contribution in [2.75, 3.05) is 23.3 Å². The summed E-state index contributed by atoms with van der Waals surface area (Å²) in [5, 5.41) is 2.98. The van der Waals surface area contributed by atoms with Crippen molar-refractivity contribution in [3.63, 3.8) is 0 Å². The van der Waals surface area contributed by atoms with Crippen LogP contribution in [0, 0.1) is 0 Å². The molecule has 4 heterocycles. The van der Waals surface area contributed by atoms with Crippen LogP contribution < -0.4 is 10.2 Å². The average molecular weight is 295 g/mol. The van der Waals surface area contributed by atoms with Crippen molar-refractivity contribution in [1.29, 1.82) is 0 Å². The normalized spacial score (nSPS) is 14.0. The first-order chi connectivity index (χ1) is 10.8. The van der Waals surface area contributed by atoms with Gasteiger partial charge in [-0.1, -0.05) is 0 Å². The van der Waals surface area contributed by atoms with Gasteiger partial charge in [0.25, 0.3) is 0 Å². The second-order valence-corrected chi connectivity index (χ2v) is 4.89. The fourth-order valence-electron chi connectivity index (χ4n) is 2.48. The molecule has 3 aromatic rings. The van der Waals surface area contributed by atoms with Gasteiger partial charge in [0.15, 0.2) is 17.3 Å². The highest BCUT2D eigenvalue weighted by molar-refractivity contribution is 6.00. The van der Waals surface area contributed by atoms with Crippen molar-refractivity contribution >= 4 is 28.7 Å². The van der Waals surface area contributed by atoms with E-state index in [1.165, 1.54) is 0 Å². The third kappa shape index (κ3) is 1.88. The Hall–Kier alpha value is -3.03. The third-order valence-electron chi connectivity index (χ3n) is 3.58. The lowest BCUT2D eigenvalue weighted by atomic mass is 10.2. The predicted octanol–water partition coefficient (Wildman–Crippen LogP) is 1.19. The summed E-state index contributed by atoms with van der Waals surface area (Å²) in [6, 6.07) is 3.75. The Labute approximate surface area is 125 Å². The van der Waals surface area contributed by atoms with Crippen molar-refractivity contribution in [1.82, 2.24) is 24.9 Å². The van der Waals surface area contributed by atoms with Gasteiger partial charge in [0.05, 0.1) is 30.3 Å². The van der Waals surface area contributed by atoms with Crippen LogP contribution in [0.3, 0.4) is 0 Å². The van der Waals surface area contributed by atoms with E-state index in [-0.39, 0.29) is 12.5 Å². The van der Waals surface area contributed by atoms with Gasteiger partial charge in [-0.3, -0.25) is 9.69 Å². The third-order valence-corrected chi connectivity index (χ3v) is 3.58. The summed E-state index contributed by atoms with van der Waals surface area (Å²) in [7, 11) is 0. The number of anilines is 2. The molecule has 8 nitrogen and oxygen atoms in total. The summed E-state index contributed by atoms with van der Waals surface area (Å²) in [5.74, 6) is 1.14. The minimum absolute atomic E-state index is 0.0165. The van der Waals surface area contributed by atoms with Crippen LogP contribution in [0.15, 0.2) is 24.7 Å². The first kappa shape index (κ1) is 12.7. The molecule has 110 valence electrons. The van der Waals surface area contributed by atoms with Crippen molar-refractivity contribution in [2.24, 2.45) is 0 Å². The molecule has 0 radical (unpaired) electrons. The van der Waals surface area contributed by atoms with E-state index >= 15 is 0 Å². The van der Waals surface area contributed by atoms with Gasteiger partial charge in [-0.25, -0.2) is 19.9 Å². The molecule has 0 aromatic carbocycles. The number of rotatable bonds is 2. The topological polar surface area (TPSA) is 99.7 Å². The summed E-state index contributed by atoms with van der Waals surface area (Å²) in [4.78, 5) is 34.1. The highest BCUT2D eigenvalue weighted by Gasteiger charge is 2.25. The van der Waals surface area contributed by atoms with Gasteiger partial charge in [-0.05, 0) is 19.1 Å². The molecule has 0 fully saturated rings. The standard InChI is InChI=1S/C14H13N7O/c1-2-21-11(22)6-16-13-14(21)20-10(5-15-13)8-3-4-9-12(19-8)18-7-17-9/h3-5,7H,2,6H2,1H3,(H,15,16)(H,17,18,19). The van der Waals surface area contributed by atoms with Crippen molar-refractivity contribution in [3.05, 3.63) is 24.7 Å². The van der Waals surface area contributed by atoms with E-state index in [2.05, 4.69) is 30.2 Å². The van der Waals surface area contributed by atoms with E-state index in [1.54, 1.807) is 17.4 Å². The lowest BCUT2D eigenvalue weighted by Crippen LogP contribution is -2.40. The van der Waals surface area contributed by atoms with Gasteiger partial charge in [0.2, 0.25) is 5.91 Å². The molecule has 22 heavy (non-hydrogen) atoms. The number of likely N-dealkylation sites (N-methyl/N-ethyl adjacent to an activating group) is 1. The van der Waals surface area contributed by atoms with Gasteiger partial charge in [0, 0.05) is 6.54 Å². The Bertz CT molecular complexity index is 873. The first-order valence-corrected chi connectivity index (χ1v) is 6.98. The van der Waals surface area contributed by atoms with Crippen LogP contribution in [0.4, 0.5) is 11.6 Å². The monoisotopic (exact) mass is 295 g/mol. The molecule has 3 aromatic heterocycles. The first-order valence-electron chi connectivity index (χ1n) is 6.98. The van der Waals surface area contributed by atoms with Gasteiger partial charge in [-0.2, -0.15) is 0 Å². The van der Waals surface area contributed by atoms with Crippen molar-refractivity contribution < 1.29 is 4.79 Å². The van der Waals surface area contributed by atoms with Crippen molar-refractivity contribution in [3.8, 4) is 11.4 Å². The molecule has 0 saturated heterocycles. The maximum Gasteiger partial charge on any atom is 0.247 e. The van der Waals surface area contributed by atoms with E-state index in [0.717, 1.165) is 5.52 Å². The molecule has 4 rings (SSSR count). The van der Waals surface area contributed by atoms with Crippen LogP contribution in [-0.4, -0.2) is 43.9 Å². The summed E-state index contributed by atoms with van der Waals surface area (Å²) in [6.45, 7) is 2.71. The molecular formula is C14H13N7O. The summed E-state index contributed by atoms with van der Waals surface area (Å²) in [6.07, 6.45) is 3.25. The van der Waals surface area contributed by atoms with Gasteiger partial charge >= 0.3 is 0 Å². The number of aromatic amines is 1. The SMILES string of the molecule is CCN1C(=O)CNc2ncc(-c3ccc4[nH]cnc4n3)nc21. The lowest BCUT2D eigenvalue weighted by Gasteiger charge is -2.27. The van der Waals surface area contributed by atoms with E-state index in [9.17, 15) is 4.79 Å². The molecule has 1 amide bonds. The van der Waals surface area contributed by atoms with Crippen LogP contribution in [0.2, 0.25) is 0 Å². The minimum atomic E-state index is -0.0165. The maximum absolute atomic E-state index is 11.9. The molecule has 0 saturated carbocycles. The Morgan fingerprint density at radius 3 is 3.00 bits per heavy atom. The Morgan fingerprint density at radius 1 is 1.23 bits per heavy atom. The Morgan fingerprint density at radius 2 is 2.14 bits per heavy atom. The van der Waals surface area contributed by atoms with Crippen LogP contribution in [0.25, 0.3) is 22.6 Å². The van der Waals surface area contributed by atoms with Crippen LogP contribution in [0.5, 0.6) is 0 Å². The zero-order valence-corrected chi connectivity index (χ0v) is 11.9. The summed E-state index contributed by atoms with van der Waals surface area (Å²) in [5.41, 5.74) is 2.77. The van der Waals surface area contributed by atoms with Crippen LogP contribution in [0.1, 0.15) is 6.92 Å². The number of amides is 1. The second-order valence-electron chi connectivity index (χ2n) is 4.89. The van der Waals surface area contributed by atoms with Gasteiger partial charge in [0.1, 0.15) is 5.69 Å². The fourth-order valence-corrected chi connectivity index (χ4v) is 2.48. The molecule has 0 atom stereocenters. The minimum Gasteiger partial charge on any atom is -0.358 e. The fraction of sp³-hybridized carbons (Fsp3) is 0.214. The molecule has 1 aliphatic rings. The van der Waals surface area contributed by atoms with E-state index < -0.39 is 0 Å². The quantitative estimate of drug-likeness (QED) is 0.736. The molecule has 1 aliphatic heterocycles. The molecule has 0 spiro atoms. The number of nitrogens with one attached hydrogen (secondary N) is 2. The molecule has 0 bridgehead atoms. The van der Waals surface area contributed by atoms with Crippen LogP contribution in [-0.2, 0) is 4.79 Å². The highest BCUT2D eigenvalue weighted by atomic mass is 16.2. The van der Waals surface area contributed by atoms with Gasteiger partial charge in [-0.15, -0.1) is 0 Å². The molecular weight excluding hydrogens is 282 g/mol. The van der Waals surface area contributed by atoms with Gasteiger partial charge < -0.3 is 10.3 Å². The zero-order valence-electron chi connectivity index (χ0n) is 11.9. The van der Waals surface area contributed by atoms with Crippen LogP contribution >= 0.6 is 0 Å². The van der Waals surface area contributed by atoms with E-state index in [0.29, 0.717) is 35.2 Å². The lowest BCUT2D eigenvalue weighted by molar-refractivity contribution is -0.117. The molecule has 8 heteroatoms. The second kappa shape index (κ2) is 4.76. The van der Waals surface area contributed by atoms with E-state index in [4.69, 9.17) is 0 Å². The predicted molar refractivity (Wildman–Crippen MR) is 81.4 cm³/mol. The Kier molecular flexibility index (Phi) is 2.75. The summed E-state index contributed by atoms with van der Waals surface area (Å²) < 4.78 is 0. The number of fused-ring (bicyclic) bond motifs is 2. The van der Waals surface area contributed by atoms with Crippen molar-refractivity contribution in [2.45, 2.75) is 6.92 Å². The Balaban J connectivity index is 1.82. The largest absolute Gasteiger partial charge is 0.358 e. The number of aromatic nitrogens is 5. The maximum atomic E-state index is 11.9. The zero-order chi connectivity index (χ0) is 15.1. The number of carbonyl (C=O) groups excluding carboxylic acids is 1. The van der Waals surface area contributed by atoms with E-state index in [1.807, 2.05) is 19.1 Å². The molecule has 0 aliphatic carbocycles. The molecule has 0 unspecified atom stereocenters. The molecule has 2 N–H and O–H groups in total. The average Bonchev–Trinajstić information content (AvgIpc) is 3.01. The number of pyridine rings is 1. The summed E-state index contributed by atoms with van der Waals surface area (Å²) >= 11 is 0. The number of H-pyrrole nitrogens is 1. The highest BCUT2D eigenvalue weighted by Crippen LogP contribution is 2.28. The number of hydrogen-bond donors (Lipinski definition) is 2. The number of nitrogens with zero attached hydrogens (tertiary/aromatic N) is 5.